The van der Waals surface area contributed by atoms with Crippen LogP contribution in [0.1, 0.15) is 24.5 Å². The summed E-state index contributed by atoms with van der Waals surface area (Å²) in [7, 11) is -2.67. The third-order valence-electron chi connectivity index (χ3n) is 7.09. The molecule has 0 fully saturated rings. The summed E-state index contributed by atoms with van der Waals surface area (Å²) in [6.07, 6.45) is 0.934. The fourth-order valence-electron chi connectivity index (χ4n) is 4.73. The number of sulfonamides is 1. The Balaban J connectivity index is 1.80. The normalized spacial score (nSPS) is 11.8. The Morgan fingerprint density at radius 2 is 1.48 bits per heavy atom. The number of methoxy groups -OCH3 is 1. The fraction of sp³-hybridized carbons (Fsp3) is 0.235. The smallest absolute Gasteiger partial charge is 0.264 e. The number of nitrogens with zero attached hydrogens (tertiary/aromatic N) is 2. The maximum Gasteiger partial charge on any atom is 0.264 e. The van der Waals surface area contributed by atoms with Crippen LogP contribution in [0.5, 0.6) is 5.75 Å². The van der Waals surface area contributed by atoms with Gasteiger partial charge in [-0.05, 0) is 60.0 Å². The van der Waals surface area contributed by atoms with Crippen molar-refractivity contribution in [3.63, 3.8) is 0 Å². The second-order valence-electron chi connectivity index (χ2n) is 10.1. The minimum absolute atomic E-state index is 0.00259. The van der Waals surface area contributed by atoms with Crippen molar-refractivity contribution in [2.45, 2.75) is 37.2 Å². The van der Waals surface area contributed by atoms with E-state index in [2.05, 4.69) is 5.32 Å². The van der Waals surface area contributed by atoms with Gasteiger partial charge >= 0.3 is 0 Å². The average Bonchev–Trinajstić information content (AvgIpc) is 3.05. The van der Waals surface area contributed by atoms with Crippen LogP contribution in [0.25, 0.3) is 0 Å². The molecule has 0 aliphatic heterocycles. The highest BCUT2D eigenvalue weighted by Crippen LogP contribution is 2.27. The summed E-state index contributed by atoms with van der Waals surface area (Å²) >= 11 is 6.53. The van der Waals surface area contributed by atoms with Crippen molar-refractivity contribution in [3.8, 4) is 5.75 Å². The van der Waals surface area contributed by atoms with Gasteiger partial charge in [0.25, 0.3) is 10.0 Å². The van der Waals surface area contributed by atoms with Crippen molar-refractivity contribution in [1.82, 2.24) is 10.2 Å². The number of benzene rings is 4. The second-order valence-corrected chi connectivity index (χ2v) is 12.4. The summed E-state index contributed by atoms with van der Waals surface area (Å²) in [5, 5.41) is 3.36. The second kappa shape index (κ2) is 15.4. The summed E-state index contributed by atoms with van der Waals surface area (Å²) < 4.78 is 34.4. The monoisotopic (exact) mass is 633 g/mol. The van der Waals surface area contributed by atoms with Gasteiger partial charge in [-0.3, -0.25) is 13.9 Å². The lowest BCUT2D eigenvalue weighted by Gasteiger charge is -2.34. The summed E-state index contributed by atoms with van der Waals surface area (Å²) in [5.74, 6) is -0.362. The largest absolute Gasteiger partial charge is 0.497 e. The molecule has 8 nitrogen and oxygen atoms in total. The number of ether oxygens (including phenoxy) is 1. The zero-order valence-electron chi connectivity index (χ0n) is 24.7. The van der Waals surface area contributed by atoms with Crippen LogP contribution in [0.15, 0.2) is 114 Å². The van der Waals surface area contributed by atoms with E-state index < -0.39 is 28.5 Å². The Kier molecular flexibility index (Phi) is 11.4. The SMILES string of the molecule is CCCNC(=O)[C@H](Cc1ccccc1)N(Cc1ccccc1Cl)C(=O)CN(c1ccc(OC)cc1)S(=O)(=O)c1ccccc1. The first-order valence-electron chi connectivity index (χ1n) is 14.3. The van der Waals surface area contributed by atoms with Crippen molar-refractivity contribution >= 4 is 39.1 Å². The van der Waals surface area contributed by atoms with Crippen molar-refractivity contribution in [1.29, 1.82) is 0 Å². The highest BCUT2D eigenvalue weighted by atomic mass is 35.5. The molecule has 4 aromatic carbocycles. The van der Waals surface area contributed by atoms with Gasteiger partial charge in [-0.25, -0.2) is 8.42 Å². The fourth-order valence-corrected chi connectivity index (χ4v) is 6.36. The van der Waals surface area contributed by atoms with Crippen LogP contribution in [-0.2, 0) is 32.6 Å². The van der Waals surface area contributed by atoms with E-state index in [-0.39, 0.29) is 29.5 Å². The van der Waals surface area contributed by atoms with Gasteiger partial charge in [0.15, 0.2) is 0 Å². The molecule has 0 aromatic heterocycles. The van der Waals surface area contributed by atoms with Gasteiger partial charge < -0.3 is 15.0 Å². The number of rotatable bonds is 14. The molecule has 0 saturated heterocycles. The maximum absolute atomic E-state index is 14.4. The summed E-state index contributed by atoms with van der Waals surface area (Å²) in [4.78, 5) is 29.6. The number of carbonyl (C=O) groups is 2. The van der Waals surface area contributed by atoms with E-state index in [4.69, 9.17) is 16.3 Å². The molecular formula is C34H36ClN3O5S. The minimum atomic E-state index is -4.18. The molecule has 10 heteroatoms. The van der Waals surface area contributed by atoms with E-state index in [1.54, 1.807) is 66.7 Å². The number of halogens is 1. The standard InChI is InChI=1S/C34H36ClN3O5S/c1-3-22-36-34(40)32(23-26-12-6-4-7-13-26)37(24-27-14-10-11-17-31(27)35)33(39)25-38(28-18-20-29(43-2)21-19-28)44(41,42)30-15-8-5-9-16-30/h4-21,32H,3,22-25H2,1-2H3,(H,36,40)/t32-/m0/s1. The number of nitrogens with one attached hydrogen (secondary N) is 1. The van der Waals surface area contributed by atoms with Crippen LogP contribution >= 0.6 is 11.6 Å². The molecule has 0 aliphatic carbocycles. The minimum Gasteiger partial charge on any atom is -0.497 e. The molecule has 4 rings (SSSR count). The Hall–Kier alpha value is -4.34. The van der Waals surface area contributed by atoms with Crippen LogP contribution in [-0.4, -0.2) is 51.4 Å². The number of carbonyl (C=O) groups excluding carboxylic acids is 2. The molecule has 0 unspecified atom stereocenters. The van der Waals surface area contributed by atoms with Crippen LogP contribution in [0.4, 0.5) is 5.69 Å². The van der Waals surface area contributed by atoms with Gasteiger partial charge in [-0.15, -0.1) is 0 Å². The third kappa shape index (κ3) is 8.18. The van der Waals surface area contributed by atoms with Gasteiger partial charge in [-0.2, -0.15) is 0 Å². The van der Waals surface area contributed by atoms with Gasteiger partial charge in [0.05, 0.1) is 17.7 Å². The quantitative estimate of drug-likeness (QED) is 0.192. The van der Waals surface area contributed by atoms with Crippen LogP contribution in [0.2, 0.25) is 5.02 Å². The number of hydrogen-bond donors (Lipinski definition) is 1. The molecule has 1 atom stereocenters. The van der Waals surface area contributed by atoms with Crippen LogP contribution in [0.3, 0.4) is 0 Å². The van der Waals surface area contributed by atoms with Gasteiger partial charge in [0.2, 0.25) is 11.8 Å². The molecule has 44 heavy (non-hydrogen) atoms. The summed E-state index contributed by atoms with van der Waals surface area (Å²) in [5.41, 5.74) is 1.76. The van der Waals surface area contributed by atoms with E-state index in [1.807, 2.05) is 37.3 Å². The predicted octanol–water partition coefficient (Wildman–Crippen LogP) is 5.71. The first kappa shape index (κ1) is 32.6. The zero-order valence-corrected chi connectivity index (χ0v) is 26.3. The molecule has 0 aliphatic rings. The first-order chi connectivity index (χ1) is 21.2. The Morgan fingerprint density at radius 3 is 2.09 bits per heavy atom. The van der Waals surface area contributed by atoms with E-state index in [0.29, 0.717) is 29.3 Å². The van der Waals surface area contributed by atoms with Crippen LogP contribution < -0.4 is 14.4 Å². The third-order valence-corrected chi connectivity index (χ3v) is 9.25. The molecule has 1 N–H and O–H groups in total. The van der Waals surface area contributed by atoms with Gasteiger partial charge in [0.1, 0.15) is 18.3 Å². The molecule has 0 radical (unpaired) electrons. The lowest BCUT2D eigenvalue weighted by Crippen LogP contribution is -2.53. The molecule has 0 spiro atoms. The zero-order chi connectivity index (χ0) is 31.5. The average molecular weight is 634 g/mol. The number of amides is 2. The predicted molar refractivity (Wildman–Crippen MR) is 173 cm³/mol. The Morgan fingerprint density at radius 1 is 0.864 bits per heavy atom. The van der Waals surface area contributed by atoms with Crippen molar-refractivity contribution in [3.05, 3.63) is 125 Å². The van der Waals surface area contributed by atoms with Gasteiger partial charge in [0, 0.05) is 24.5 Å². The molecule has 0 bridgehead atoms. The van der Waals surface area contributed by atoms with E-state index in [9.17, 15) is 18.0 Å². The Labute approximate surface area is 264 Å². The molecule has 0 saturated carbocycles. The van der Waals surface area contributed by atoms with Gasteiger partial charge in [-0.1, -0.05) is 85.3 Å². The van der Waals surface area contributed by atoms with E-state index in [0.717, 1.165) is 9.87 Å². The highest BCUT2D eigenvalue weighted by Gasteiger charge is 2.34. The van der Waals surface area contributed by atoms with Crippen LogP contribution in [0, 0.1) is 0 Å². The number of hydrogen-bond acceptors (Lipinski definition) is 5. The first-order valence-corrected chi connectivity index (χ1v) is 16.1. The lowest BCUT2D eigenvalue weighted by molar-refractivity contribution is -0.140. The van der Waals surface area contributed by atoms with Crippen molar-refractivity contribution in [2.24, 2.45) is 0 Å². The van der Waals surface area contributed by atoms with E-state index in [1.165, 1.54) is 24.1 Å². The van der Waals surface area contributed by atoms with Crippen molar-refractivity contribution in [2.75, 3.05) is 24.5 Å². The topological polar surface area (TPSA) is 96.0 Å². The van der Waals surface area contributed by atoms with E-state index >= 15 is 0 Å². The number of anilines is 1. The maximum atomic E-state index is 14.4. The summed E-state index contributed by atoms with van der Waals surface area (Å²) in [6, 6.07) is 29.9. The molecule has 4 aromatic rings. The molecule has 0 heterocycles. The molecular weight excluding hydrogens is 598 g/mol. The molecule has 230 valence electrons. The van der Waals surface area contributed by atoms with Crippen molar-refractivity contribution < 1.29 is 22.7 Å². The summed E-state index contributed by atoms with van der Waals surface area (Å²) in [6.45, 7) is 1.82. The highest BCUT2D eigenvalue weighted by molar-refractivity contribution is 7.92. The Bertz CT molecular complexity index is 1630. The molecule has 2 amide bonds. The lowest BCUT2D eigenvalue weighted by atomic mass is 10.0.